The molecule has 2 saturated carbocycles. The predicted octanol–water partition coefficient (Wildman–Crippen LogP) is 4.36. The van der Waals surface area contributed by atoms with Gasteiger partial charge in [-0.15, -0.1) is 26.6 Å². The lowest BCUT2D eigenvalue weighted by molar-refractivity contribution is -0.145. The zero-order valence-electron chi connectivity index (χ0n) is 22.3. The lowest BCUT2D eigenvalue weighted by Gasteiger charge is -2.33. The molecule has 42 heavy (non-hydrogen) atoms. The molecule has 0 radical (unpaired) electrons. The number of rotatable bonds is 9. The number of nitrogens with zero attached hydrogens (tertiary/aromatic N) is 5. The van der Waals surface area contributed by atoms with Crippen LogP contribution in [-0.4, -0.2) is 61.1 Å². The van der Waals surface area contributed by atoms with Gasteiger partial charge in [0.15, 0.2) is 0 Å². The molecular formula is C25H27F5N8O3S. The molecule has 1 atom stereocenters. The van der Waals surface area contributed by atoms with Gasteiger partial charge < -0.3 is 20.7 Å². The van der Waals surface area contributed by atoms with E-state index in [-0.39, 0.29) is 41.4 Å². The number of alkyl halides is 5. The van der Waals surface area contributed by atoms with Crippen LogP contribution in [0, 0.1) is 5.92 Å². The maximum atomic E-state index is 13.4. The van der Waals surface area contributed by atoms with Crippen molar-refractivity contribution in [3.05, 3.63) is 28.4 Å². The maximum Gasteiger partial charge on any atom is 0.388 e. The number of nitrogens with one attached hydrogen (secondary N) is 3. The first-order valence-corrected chi connectivity index (χ1v) is 14.2. The van der Waals surface area contributed by atoms with Crippen LogP contribution in [0.3, 0.4) is 0 Å². The van der Waals surface area contributed by atoms with Crippen molar-refractivity contribution >= 4 is 39.9 Å². The molecule has 3 aromatic heterocycles. The molecule has 0 aromatic carbocycles. The van der Waals surface area contributed by atoms with E-state index in [4.69, 9.17) is 0 Å². The second kappa shape index (κ2) is 10.8. The molecule has 0 unspecified atom stereocenters. The predicted molar refractivity (Wildman–Crippen MR) is 140 cm³/mol. The number of hydrogen-bond acceptors (Lipinski definition) is 8. The molecule has 3 aromatic rings. The summed E-state index contributed by atoms with van der Waals surface area (Å²) in [6.07, 6.45) is 1.39. The molecule has 0 saturated heterocycles. The SMILES string of the molecule is Cn1nc(OC(F)F)cc1Nc1nncn1[C@H]1CCc2sc(NC(=O)C3CC(F)(F)C3)c(C(=O)N[C@H]3C[C@H](F)C3)c2C1. The van der Waals surface area contributed by atoms with Crippen LogP contribution in [0.15, 0.2) is 12.4 Å². The van der Waals surface area contributed by atoms with E-state index in [0.717, 1.165) is 4.88 Å². The molecule has 226 valence electrons. The van der Waals surface area contributed by atoms with E-state index < -0.39 is 49.3 Å². The lowest BCUT2D eigenvalue weighted by atomic mass is 9.81. The Hall–Kier alpha value is -3.76. The standard InChI is InChI=1S/C25H27F5N8O3S/c1-37-17(7-18(36-37)41-23(27)28)33-24-35-31-10-38(24)14-2-3-16-15(6-14)19(21(40)32-13-4-12(26)5-13)22(42-16)34-20(39)11-8-25(29,30)9-11/h7,10-14,23H,2-6,8-9H2,1H3,(H,32,40)(H,33,35)(H,34,39)/t12-,13-,14-/m0/s1. The summed E-state index contributed by atoms with van der Waals surface area (Å²) in [5, 5.41) is 20.8. The van der Waals surface area contributed by atoms with Gasteiger partial charge in [0.25, 0.3) is 5.91 Å². The highest BCUT2D eigenvalue weighted by atomic mass is 32.1. The molecule has 6 rings (SSSR count). The number of amides is 2. The van der Waals surface area contributed by atoms with E-state index in [9.17, 15) is 31.5 Å². The van der Waals surface area contributed by atoms with Gasteiger partial charge in [-0.3, -0.25) is 14.2 Å². The van der Waals surface area contributed by atoms with E-state index in [1.807, 2.05) is 0 Å². The van der Waals surface area contributed by atoms with Gasteiger partial charge in [-0.1, -0.05) is 0 Å². The molecule has 3 heterocycles. The van der Waals surface area contributed by atoms with Gasteiger partial charge in [-0.05, 0) is 37.7 Å². The van der Waals surface area contributed by atoms with Crippen molar-refractivity contribution < 1.29 is 36.3 Å². The third-order valence-electron chi connectivity index (χ3n) is 7.85. The largest absolute Gasteiger partial charge is 0.415 e. The van der Waals surface area contributed by atoms with Crippen molar-refractivity contribution in [1.29, 1.82) is 0 Å². The summed E-state index contributed by atoms with van der Waals surface area (Å²) < 4.78 is 72.9. The highest BCUT2D eigenvalue weighted by Crippen LogP contribution is 2.45. The fourth-order valence-electron chi connectivity index (χ4n) is 5.54. The Balaban J connectivity index is 1.24. The van der Waals surface area contributed by atoms with Crippen LogP contribution in [0.1, 0.15) is 58.9 Å². The maximum absolute atomic E-state index is 13.4. The summed E-state index contributed by atoms with van der Waals surface area (Å²) in [6.45, 7) is -3.03. The lowest BCUT2D eigenvalue weighted by Crippen LogP contribution is -2.45. The number of carbonyl (C=O) groups is 2. The number of hydrogen-bond donors (Lipinski definition) is 3. The van der Waals surface area contributed by atoms with Crippen LogP contribution in [0.2, 0.25) is 0 Å². The Morgan fingerprint density at radius 3 is 2.69 bits per heavy atom. The Bertz CT molecular complexity index is 1490. The molecule has 17 heteroatoms. The van der Waals surface area contributed by atoms with Gasteiger partial charge in [-0.25, -0.2) is 17.9 Å². The second-order valence-corrected chi connectivity index (χ2v) is 12.0. The van der Waals surface area contributed by atoms with Crippen molar-refractivity contribution in [2.75, 3.05) is 10.6 Å². The number of thiophene rings is 1. The minimum absolute atomic E-state index is 0.202. The Kier molecular flexibility index (Phi) is 7.31. The second-order valence-electron chi connectivity index (χ2n) is 10.9. The molecule has 2 amide bonds. The van der Waals surface area contributed by atoms with Gasteiger partial charge in [0.1, 0.15) is 23.3 Å². The van der Waals surface area contributed by atoms with Gasteiger partial charge >= 0.3 is 6.61 Å². The zero-order chi connectivity index (χ0) is 29.8. The third-order valence-corrected chi connectivity index (χ3v) is 9.06. The van der Waals surface area contributed by atoms with Crippen molar-refractivity contribution in [2.45, 2.75) is 75.7 Å². The molecule has 3 aliphatic carbocycles. The summed E-state index contributed by atoms with van der Waals surface area (Å²) in [7, 11) is 1.54. The van der Waals surface area contributed by atoms with Crippen LogP contribution in [0.5, 0.6) is 5.88 Å². The minimum atomic E-state index is -3.03. The van der Waals surface area contributed by atoms with Crippen LogP contribution in [-0.2, 0) is 24.7 Å². The first-order chi connectivity index (χ1) is 20.0. The van der Waals surface area contributed by atoms with Crippen molar-refractivity contribution in [2.24, 2.45) is 13.0 Å². The molecule has 0 bridgehead atoms. The zero-order valence-corrected chi connectivity index (χ0v) is 23.1. The molecule has 3 aliphatic rings. The highest BCUT2D eigenvalue weighted by Gasteiger charge is 2.49. The van der Waals surface area contributed by atoms with E-state index >= 15 is 0 Å². The first-order valence-electron chi connectivity index (χ1n) is 13.4. The number of ether oxygens (including phenoxy) is 1. The number of anilines is 3. The number of carbonyl (C=O) groups excluding carboxylic acids is 2. The monoisotopic (exact) mass is 614 g/mol. The average Bonchev–Trinajstić information content (AvgIpc) is 3.57. The topological polar surface area (TPSA) is 128 Å². The molecule has 0 spiro atoms. The number of fused-ring (bicyclic) bond motifs is 1. The van der Waals surface area contributed by atoms with E-state index in [1.165, 1.54) is 35.5 Å². The smallest absolute Gasteiger partial charge is 0.388 e. The summed E-state index contributed by atoms with van der Waals surface area (Å²) in [6, 6.07) is 0.734. The van der Waals surface area contributed by atoms with Crippen molar-refractivity contribution in [3.63, 3.8) is 0 Å². The Labute approximate surface area is 239 Å². The number of aromatic nitrogens is 5. The quantitative estimate of drug-likeness (QED) is 0.306. The minimum Gasteiger partial charge on any atom is -0.415 e. The van der Waals surface area contributed by atoms with E-state index in [2.05, 4.69) is 36.0 Å². The van der Waals surface area contributed by atoms with E-state index in [1.54, 1.807) is 4.57 Å². The van der Waals surface area contributed by atoms with Crippen molar-refractivity contribution in [3.8, 4) is 5.88 Å². The summed E-state index contributed by atoms with van der Waals surface area (Å²) in [5.41, 5.74) is 0.955. The van der Waals surface area contributed by atoms with Crippen LogP contribution < -0.4 is 20.7 Å². The Morgan fingerprint density at radius 2 is 2.00 bits per heavy atom. The van der Waals surface area contributed by atoms with Gasteiger partial charge in [-0.2, -0.15) is 8.78 Å². The molecular weight excluding hydrogens is 587 g/mol. The number of halogens is 5. The fraction of sp³-hybridized carbons (Fsp3) is 0.560. The molecule has 2 fully saturated rings. The summed E-state index contributed by atoms with van der Waals surface area (Å²) in [4.78, 5) is 27.1. The highest BCUT2D eigenvalue weighted by molar-refractivity contribution is 7.17. The summed E-state index contributed by atoms with van der Waals surface area (Å²) >= 11 is 1.24. The Morgan fingerprint density at radius 1 is 1.24 bits per heavy atom. The normalized spacial score (nSPS) is 23.1. The third kappa shape index (κ3) is 5.65. The molecule has 0 aliphatic heterocycles. The van der Waals surface area contributed by atoms with Crippen LogP contribution >= 0.6 is 11.3 Å². The first kappa shape index (κ1) is 28.4. The summed E-state index contributed by atoms with van der Waals surface area (Å²) in [5.74, 6) is -4.37. The van der Waals surface area contributed by atoms with Gasteiger partial charge in [0, 0.05) is 48.8 Å². The van der Waals surface area contributed by atoms with Gasteiger partial charge in [0.05, 0.1) is 5.56 Å². The molecule has 11 nitrogen and oxygen atoms in total. The van der Waals surface area contributed by atoms with Crippen LogP contribution in [0.25, 0.3) is 0 Å². The van der Waals surface area contributed by atoms with E-state index in [0.29, 0.717) is 36.6 Å². The average molecular weight is 615 g/mol. The molecule has 3 N–H and O–H groups in total. The van der Waals surface area contributed by atoms with Crippen LogP contribution in [0.4, 0.5) is 38.7 Å². The fourth-order valence-corrected chi connectivity index (χ4v) is 6.78. The number of aryl methyl sites for hydroxylation is 2. The van der Waals surface area contributed by atoms with Gasteiger partial charge in [0.2, 0.25) is 23.7 Å². The van der Waals surface area contributed by atoms with Crippen molar-refractivity contribution in [1.82, 2.24) is 29.9 Å².